The highest BCUT2D eigenvalue weighted by Gasteiger charge is 2.41. The van der Waals surface area contributed by atoms with Crippen molar-refractivity contribution in [2.45, 2.75) is 20.3 Å². The molecule has 1 aliphatic carbocycles. The Hall–Kier alpha value is -1.32. The van der Waals surface area contributed by atoms with Crippen LogP contribution >= 0.6 is 0 Å². The minimum Gasteiger partial charge on any atom is -0.481 e. The van der Waals surface area contributed by atoms with E-state index in [2.05, 4.69) is 0 Å². The summed E-state index contributed by atoms with van der Waals surface area (Å²) in [5.74, 6) is -2.66. The van der Waals surface area contributed by atoms with E-state index in [0.717, 1.165) is 0 Å². The Bertz CT molecular complexity index is 288. The molecular formula is C9H12O4. The van der Waals surface area contributed by atoms with Gasteiger partial charge in [-0.05, 0) is 11.8 Å². The summed E-state index contributed by atoms with van der Waals surface area (Å²) in [6.07, 6.45) is 1.66. The second-order valence-electron chi connectivity index (χ2n) is 3.98. The number of aliphatic carboxylic acids is 2. The summed E-state index contributed by atoms with van der Waals surface area (Å²) in [5, 5.41) is 17.5. The summed E-state index contributed by atoms with van der Waals surface area (Å²) >= 11 is 0. The fourth-order valence-electron chi connectivity index (χ4n) is 1.64. The van der Waals surface area contributed by atoms with E-state index in [1.54, 1.807) is 13.8 Å². The van der Waals surface area contributed by atoms with Gasteiger partial charge in [-0.25, -0.2) is 4.79 Å². The first-order valence-electron chi connectivity index (χ1n) is 4.01. The molecule has 0 bridgehead atoms. The zero-order chi connectivity index (χ0) is 10.2. The largest absolute Gasteiger partial charge is 0.481 e. The molecule has 0 radical (unpaired) electrons. The van der Waals surface area contributed by atoms with Crippen LogP contribution in [0.15, 0.2) is 11.6 Å². The standard InChI is InChI=1S/C9H12O4/c1-9(2)4-5(7(10)11)3-6(9)8(12)13/h3,6H,4H2,1-2H3,(H,10,11)(H,12,13). The van der Waals surface area contributed by atoms with Gasteiger partial charge in [-0.3, -0.25) is 4.79 Å². The van der Waals surface area contributed by atoms with Gasteiger partial charge in [-0.15, -0.1) is 0 Å². The van der Waals surface area contributed by atoms with Gasteiger partial charge in [-0.1, -0.05) is 19.9 Å². The summed E-state index contributed by atoms with van der Waals surface area (Å²) in [4.78, 5) is 21.3. The van der Waals surface area contributed by atoms with E-state index in [-0.39, 0.29) is 5.57 Å². The lowest BCUT2D eigenvalue weighted by Crippen LogP contribution is -2.25. The Balaban J connectivity index is 2.95. The van der Waals surface area contributed by atoms with Gasteiger partial charge >= 0.3 is 11.9 Å². The number of carboxylic acid groups (broad SMARTS) is 2. The Kier molecular flexibility index (Phi) is 2.15. The van der Waals surface area contributed by atoms with Gasteiger partial charge in [0.2, 0.25) is 0 Å². The number of carboxylic acids is 2. The lowest BCUT2D eigenvalue weighted by atomic mass is 9.81. The molecule has 1 unspecified atom stereocenters. The van der Waals surface area contributed by atoms with Gasteiger partial charge in [0.05, 0.1) is 5.92 Å². The van der Waals surface area contributed by atoms with Gasteiger partial charge in [0.25, 0.3) is 0 Å². The van der Waals surface area contributed by atoms with Gasteiger partial charge < -0.3 is 10.2 Å². The van der Waals surface area contributed by atoms with Crippen molar-refractivity contribution >= 4 is 11.9 Å². The second-order valence-corrected chi connectivity index (χ2v) is 3.98. The first-order valence-corrected chi connectivity index (χ1v) is 4.01. The Morgan fingerprint density at radius 3 is 2.23 bits per heavy atom. The fraction of sp³-hybridized carbons (Fsp3) is 0.556. The number of hydrogen-bond acceptors (Lipinski definition) is 2. The third-order valence-electron chi connectivity index (χ3n) is 2.40. The molecule has 1 aliphatic rings. The molecule has 0 amide bonds. The predicted molar refractivity (Wildman–Crippen MR) is 45.2 cm³/mol. The van der Waals surface area contributed by atoms with Gasteiger partial charge in [0.1, 0.15) is 0 Å². The third-order valence-corrected chi connectivity index (χ3v) is 2.40. The van der Waals surface area contributed by atoms with Crippen molar-refractivity contribution in [3.8, 4) is 0 Å². The third kappa shape index (κ3) is 1.71. The van der Waals surface area contributed by atoms with E-state index >= 15 is 0 Å². The number of carbonyl (C=O) groups is 2. The van der Waals surface area contributed by atoms with E-state index in [0.29, 0.717) is 6.42 Å². The summed E-state index contributed by atoms with van der Waals surface area (Å²) in [5.41, 5.74) is -0.281. The molecular weight excluding hydrogens is 172 g/mol. The number of rotatable bonds is 2. The maximum atomic E-state index is 10.7. The van der Waals surface area contributed by atoms with Crippen LogP contribution in [0.2, 0.25) is 0 Å². The highest BCUT2D eigenvalue weighted by Crippen LogP contribution is 2.41. The predicted octanol–water partition coefficient (Wildman–Crippen LogP) is 1.13. The molecule has 0 aliphatic heterocycles. The van der Waals surface area contributed by atoms with Gasteiger partial charge in [0, 0.05) is 5.57 Å². The van der Waals surface area contributed by atoms with Crippen LogP contribution in [0.25, 0.3) is 0 Å². The van der Waals surface area contributed by atoms with Crippen molar-refractivity contribution in [1.29, 1.82) is 0 Å². The topological polar surface area (TPSA) is 74.6 Å². The van der Waals surface area contributed by atoms with E-state index in [4.69, 9.17) is 10.2 Å². The first kappa shape index (κ1) is 9.77. The van der Waals surface area contributed by atoms with Crippen LogP contribution in [0.1, 0.15) is 20.3 Å². The molecule has 0 aromatic carbocycles. The SMILES string of the molecule is CC1(C)CC(C(=O)O)=CC1C(=O)O. The molecule has 0 fully saturated rings. The Labute approximate surface area is 75.9 Å². The number of hydrogen-bond donors (Lipinski definition) is 2. The van der Waals surface area contributed by atoms with Gasteiger partial charge in [-0.2, -0.15) is 0 Å². The highest BCUT2D eigenvalue weighted by atomic mass is 16.4. The molecule has 72 valence electrons. The molecule has 4 nitrogen and oxygen atoms in total. The van der Waals surface area contributed by atoms with E-state index in [1.165, 1.54) is 6.08 Å². The average molecular weight is 184 g/mol. The zero-order valence-corrected chi connectivity index (χ0v) is 7.57. The van der Waals surface area contributed by atoms with Crippen LogP contribution in [0.5, 0.6) is 0 Å². The molecule has 2 N–H and O–H groups in total. The van der Waals surface area contributed by atoms with Crippen LogP contribution in [0.4, 0.5) is 0 Å². The average Bonchev–Trinajstić information content (AvgIpc) is 2.25. The van der Waals surface area contributed by atoms with Crippen molar-refractivity contribution in [2.75, 3.05) is 0 Å². The van der Waals surface area contributed by atoms with Crippen molar-refractivity contribution in [2.24, 2.45) is 11.3 Å². The summed E-state index contributed by atoms with van der Waals surface area (Å²) < 4.78 is 0. The van der Waals surface area contributed by atoms with Crippen LogP contribution in [0.3, 0.4) is 0 Å². The van der Waals surface area contributed by atoms with Crippen molar-refractivity contribution in [3.63, 3.8) is 0 Å². The fourth-order valence-corrected chi connectivity index (χ4v) is 1.64. The Morgan fingerprint density at radius 1 is 1.46 bits per heavy atom. The van der Waals surface area contributed by atoms with E-state index in [1.807, 2.05) is 0 Å². The molecule has 4 heteroatoms. The van der Waals surface area contributed by atoms with Crippen LogP contribution in [-0.4, -0.2) is 22.2 Å². The molecule has 0 saturated heterocycles. The van der Waals surface area contributed by atoms with Crippen LogP contribution < -0.4 is 0 Å². The zero-order valence-electron chi connectivity index (χ0n) is 7.57. The molecule has 0 aromatic heterocycles. The summed E-state index contributed by atoms with van der Waals surface area (Å²) in [6, 6.07) is 0. The lowest BCUT2D eigenvalue weighted by molar-refractivity contribution is -0.143. The molecule has 0 aromatic rings. The lowest BCUT2D eigenvalue weighted by Gasteiger charge is -2.22. The Morgan fingerprint density at radius 2 is 2.00 bits per heavy atom. The summed E-state index contributed by atoms with van der Waals surface area (Å²) in [6.45, 7) is 3.52. The van der Waals surface area contributed by atoms with Crippen LogP contribution in [-0.2, 0) is 9.59 Å². The summed E-state index contributed by atoms with van der Waals surface area (Å²) in [7, 11) is 0. The maximum absolute atomic E-state index is 10.7. The van der Waals surface area contributed by atoms with Crippen LogP contribution in [0, 0.1) is 11.3 Å². The minimum atomic E-state index is -1.02. The van der Waals surface area contributed by atoms with Gasteiger partial charge in [0.15, 0.2) is 0 Å². The second kappa shape index (κ2) is 2.87. The molecule has 1 atom stereocenters. The molecule has 0 heterocycles. The van der Waals surface area contributed by atoms with Crippen molar-refractivity contribution < 1.29 is 19.8 Å². The molecule has 0 spiro atoms. The molecule has 13 heavy (non-hydrogen) atoms. The molecule has 1 rings (SSSR count). The van der Waals surface area contributed by atoms with Crippen molar-refractivity contribution in [1.82, 2.24) is 0 Å². The monoisotopic (exact) mass is 184 g/mol. The van der Waals surface area contributed by atoms with Crippen molar-refractivity contribution in [3.05, 3.63) is 11.6 Å². The highest BCUT2D eigenvalue weighted by molar-refractivity contribution is 5.89. The van der Waals surface area contributed by atoms with E-state index < -0.39 is 23.3 Å². The minimum absolute atomic E-state index is 0.206. The quantitative estimate of drug-likeness (QED) is 0.674. The maximum Gasteiger partial charge on any atom is 0.331 e. The molecule has 0 saturated carbocycles. The normalized spacial score (nSPS) is 25.4. The van der Waals surface area contributed by atoms with E-state index in [9.17, 15) is 9.59 Å². The smallest absolute Gasteiger partial charge is 0.331 e. The first-order chi connectivity index (χ1) is 5.84.